The van der Waals surface area contributed by atoms with Gasteiger partial charge in [0, 0.05) is 6.54 Å². The van der Waals surface area contributed by atoms with E-state index in [-0.39, 0.29) is 5.54 Å². The van der Waals surface area contributed by atoms with Crippen molar-refractivity contribution in [3.8, 4) is 0 Å². The van der Waals surface area contributed by atoms with Gasteiger partial charge >= 0.3 is 0 Å². The highest BCUT2D eigenvalue weighted by Gasteiger charge is 2.34. The maximum Gasteiger partial charge on any atom is 0.0866 e. The Kier molecular flexibility index (Phi) is 5.93. The molecule has 0 aromatic rings. The van der Waals surface area contributed by atoms with Crippen molar-refractivity contribution in [2.75, 3.05) is 13.1 Å². The smallest absolute Gasteiger partial charge is 0.0866 e. The van der Waals surface area contributed by atoms with E-state index in [0.717, 1.165) is 19.0 Å². The molecule has 0 saturated heterocycles. The molecule has 1 heterocycles. The number of nitrogens with zero attached hydrogens (tertiary/aromatic N) is 3. The number of hydrogen-bond donors (Lipinski definition) is 0. The van der Waals surface area contributed by atoms with Crippen LogP contribution in [-0.4, -0.2) is 23.6 Å². The molecular weight excluding hydrogens is 210 g/mol. The van der Waals surface area contributed by atoms with Gasteiger partial charge in [-0.05, 0) is 25.7 Å². The molecule has 1 rings (SSSR count). The molecule has 0 N–H and O–H groups in total. The average molecular weight is 239 g/mol. The van der Waals surface area contributed by atoms with Crippen LogP contribution in [0, 0.1) is 5.92 Å². The van der Waals surface area contributed by atoms with Gasteiger partial charge in [0.1, 0.15) is 0 Å². The Morgan fingerprint density at radius 1 is 1.24 bits per heavy atom. The Balaban J connectivity index is 2.33. The van der Waals surface area contributed by atoms with E-state index >= 15 is 0 Å². The quantitative estimate of drug-likeness (QED) is 0.575. The topological polar surface area (TPSA) is 28.0 Å². The van der Waals surface area contributed by atoms with Crippen molar-refractivity contribution >= 4 is 0 Å². The van der Waals surface area contributed by atoms with Crippen molar-refractivity contribution in [1.29, 1.82) is 0 Å². The third-order valence-corrected chi connectivity index (χ3v) is 3.69. The summed E-state index contributed by atoms with van der Waals surface area (Å²) in [6.07, 6.45) is 7.78. The van der Waals surface area contributed by atoms with Crippen LogP contribution in [0.4, 0.5) is 0 Å². The van der Waals surface area contributed by atoms with E-state index in [1.54, 1.807) is 0 Å². The lowest BCUT2D eigenvalue weighted by atomic mass is 9.93. The Morgan fingerprint density at radius 3 is 2.65 bits per heavy atom. The van der Waals surface area contributed by atoms with Gasteiger partial charge in [-0.3, -0.25) is 5.01 Å². The average Bonchev–Trinajstić information content (AvgIpc) is 2.64. The summed E-state index contributed by atoms with van der Waals surface area (Å²) in [4.78, 5) is 0. The van der Waals surface area contributed by atoms with Gasteiger partial charge in [-0.25, -0.2) is 0 Å². The second kappa shape index (κ2) is 6.97. The van der Waals surface area contributed by atoms with E-state index in [1.807, 2.05) is 0 Å². The first-order valence-electron chi connectivity index (χ1n) is 7.23. The molecule has 0 saturated carbocycles. The van der Waals surface area contributed by atoms with Crippen molar-refractivity contribution in [2.45, 2.75) is 71.8 Å². The lowest BCUT2D eigenvalue weighted by Gasteiger charge is -2.33. The van der Waals surface area contributed by atoms with Crippen LogP contribution in [0.25, 0.3) is 0 Å². The zero-order chi connectivity index (χ0) is 12.7. The minimum absolute atomic E-state index is 0.197. The molecule has 0 radical (unpaired) electrons. The summed E-state index contributed by atoms with van der Waals surface area (Å²) in [5.41, 5.74) is 0.197. The van der Waals surface area contributed by atoms with E-state index in [9.17, 15) is 0 Å². The molecule has 0 amide bonds. The molecule has 1 aliphatic heterocycles. The van der Waals surface area contributed by atoms with Crippen LogP contribution in [0.15, 0.2) is 10.3 Å². The molecule has 0 bridgehead atoms. The van der Waals surface area contributed by atoms with E-state index < -0.39 is 0 Å². The minimum Gasteiger partial charge on any atom is -0.271 e. The Morgan fingerprint density at radius 2 is 2.00 bits per heavy atom. The van der Waals surface area contributed by atoms with Gasteiger partial charge in [0.2, 0.25) is 0 Å². The highest BCUT2D eigenvalue weighted by atomic mass is 15.6. The summed E-state index contributed by atoms with van der Waals surface area (Å²) in [5, 5.41) is 10.8. The van der Waals surface area contributed by atoms with Crippen LogP contribution >= 0.6 is 0 Å². The van der Waals surface area contributed by atoms with Gasteiger partial charge in [-0.1, -0.05) is 51.7 Å². The van der Waals surface area contributed by atoms with E-state index in [0.29, 0.717) is 0 Å². The summed E-state index contributed by atoms with van der Waals surface area (Å²) in [7, 11) is 0. The maximum atomic E-state index is 4.32. The molecule has 1 atom stereocenters. The fourth-order valence-corrected chi connectivity index (χ4v) is 2.29. The highest BCUT2D eigenvalue weighted by Crippen LogP contribution is 2.29. The number of rotatable bonds is 8. The molecule has 0 spiro atoms. The van der Waals surface area contributed by atoms with Crippen molar-refractivity contribution in [3.05, 3.63) is 0 Å². The van der Waals surface area contributed by atoms with E-state index in [2.05, 4.69) is 43.0 Å². The summed E-state index contributed by atoms with van der Waals surface area (Å²) in [6.45, 7) is 11.1. The SMILES string of the molecule is CCCCCCC1(C)CN=NN1CCC(C)C. The molecular formula is C14H29N3. The fourth-order valence-electron chi connectivity index (χ4n) is 2.29. The first kappa shape index (κ1) is 14.5. The van der Waals surface area contributed by atoms with Crippen LogP contribution in [0.2, 0.25) is 0 Å². The van der Waals surface area contributed by atoms with E-state index in [1.165, 1.54) is 38.5 Å². The third kappa shape index (κ3) is 4.64. The van der Waals surface area contributed by atoms with Crippen LogP contribution in [-0.2, 0) is 0 Å². The van der Waals surface area contributed by atoms with Gasteiger partial charge in [-0.2, -0.15) is 5.11 Å². The Bertz CT molecular complexity index is 238. The van der Waals surface area contributed by atoms with Crippen molar-refractivity contribution < 1.29 is 0 Å². The summed E-state index contributed by atoms with van der Waals surface area (Å²) in [5.74, 6) is 0.746. The first-order chi connectivity index (χ1) is 8.08. The lowest BCUT2D eigenvalue weighted by molar-refractivity contribution is 0.124. The van der Waals surface area contributed by atoms with Crippen LogP contribution < -0.4 is 0 Å². The third-order valence-electron chi connectivity index (χ3n) is 3.69. The van der Waals surface area contributed by atoms with Crippen molar-refractivity contribution in [2.24, 2.45) is 16.3 Å². The maximum absolute atomic E-state index is 4.32. The predicted octanol–water partition coefficient (Wildman–Crippen LogP) is 4.44. The molecule has 1 aliphatic rings. The second-order valence-corrected chi connectivity index (χ2v) is 6.00. The Hall–Kier alpha value is -0.600. The standard InChI is InChI=1S/C14H29N3/c1-5-6-7-8-10-14(4)12-15-16-17(14)11-9-13(2)3/h13H,5-12H2,1-4H3. The number of hydrogen-bond acceptors (Lipinski definition) is 3. The molecule has 0 aromatic heterocycles. The largest absolute Gasteiger partial charge is 0.271 e. The summed E-state index contributed by atoms with van der Waals surface area (Å²) < 4.78 is 0. The zero-order valence-electron chi connectivity index (χ0n) is 12.1. The fraction of sp³-hybridized carbons (Fsp3) is 1.00. The first-order valence-corrected chi connectivity index (χ1v) is 7.23. The number of unbranched alkanes of at least 4 members (excludes halogenated alkanes) is 3. The monoisotopic (exact) mass is 239 g/mol. The van der Waals surface area contributed by atoms with Crippen molar-refractivity contribution in [1.82, 2.24) is 5.01 Å². The molecule has 3 heteroatoms. The van der Waals surface area contributed by atoms with Crippen LogP contribution in [0.3, 0.4) is 0 Å². The molecule has 0 aromatic carbocycles. The Labute approximate surface area is 107 Å². The molecule has 0 aliphatic carbocycles. The molecule has 100 valence electrons. The normalized spacial score (nSPS) is 23.9. The van der Waals surface area contributed by atoms with Gasteiger partial charge in [0.15, 0.2) is 0 Å². The molecule has 3 nitrogen and oxygen atoms in total. The molecule has 17 heavy (non-hydrogen) atoms. The lowest BCUT2D eigenvalue weighted by Crippen LogP contribution is -2.42. The van der Waals surface area contributed by atoms with Gasteiger partial charge < -0.3 is 0 Å². The van der Waals surface area contributed by atoms with Crippen LogP contribution in [0.1, 0.15) is 66.2 Å². The van der Waals surface area contributed by atoms with Gasteiger partial charge in [-0.15, -0.1) is 0 Å². The second-order valence-electron chi connectivity index (χ2n) is 6.00. The van der Waals surface area contributed by atoms with Gasteiger partial charge in [0.25, 0.3) is 0 Å². The minimum atomic E-state index is 0.197. The van der Waals surface area contributed by atoms with E-state index in [4.69, 9.17) is 0 Å². The summed E-state index contributed by atoms with van der Waals surface area (Å²) >= 11 is 0. The highest BCUT2D eigenvalue weighted by molar-refractivity contribution is 4.89. The van der Waals surface area contributed by atoms with Crippen molar-refractivity contribution in [3.63, 3.8) is 0 Å². The predicted molar refractivity (Wildman–Crippen MR) is 73.0 cm³/mol. The van der Waals surface area contributed by atoms with Crippen LogP contribution in [0.5, 0.6) is 0 Å². The zero-order valence-corrected chi connectivity index (χ0v) is 12.1. The molecule has 0 fully saturated rings. The summed E-state index contributed by atoms with van der Waals surface area (Å²) in [6, 6.07) is 0. The molecule has 1 unspecified atom stereocenters. The van der Waals surface area contributed by atoms with Gasteiger partial charge in [0.05, 0.1) is 12.1 Å².